The smallest absolute Gasteiger partial charge is 0.277 e. The van der Waals surface area contributed by atoms with Gasteiger partial charge < -0.3 is 9.47 Å². The molecule has 0 atom stereocenters. The number of hydrogen-bond donors (Lipinski definition) is 0. The van der Waals surface area contributed by atoms with E-state index in [0.717, 1.165) is 54.0 Å². The Morgan fingerprint density at radius 3 is 2.59 bits per heavy atom. The van der Waals surface area contributed by atoms with Crippen LogP contribution >= 0.6 is 0 Å². The first kappa shape index (κ1) is 18.9. The second-order valence-electron chi connectivity index (χ2n) is 8.40. The molecule has 0 aliphatic heterocycles. The molecule has 7 nitrogen and oxygen atoms in total. The van der Waals surface area contributed by atoms with E-state index in [4.69, 9.17) is 0 Å². The first-order valence-electron chi connectivity index (χ1n) is 11.0. The van der Waals surface area contributed by atoms with E-state index in [2.05, 4.69) is 24.7 Å². The zero-order valence-corrected chi connectivity index (χ0v) is 17.5. The predicted octanol–water partition coefficient (Wildman–Crippen LogP) is 4.55. The number of hydrogen-bond acceptors (Lipinski definition) is 5. The number of pyridine rings is 2. The molecular weight excluding hydrogens is 400 g/mol. The normalized spacial score (nSPS) is 15.5. The third-order valence-electron chi connectivity index (χ3n) is 5.95. The van der Waals surface area contributed by atoms with Gasteiger partial charge in [-0.2, -0.15) is 0 Å². The van der Waals surface area contributed by atoms with E-state index in [1.807, 2.05) is 53.4 Å². The average molecular weight is 422 g/mol. The van der Waals surface area contributed by atoms with Gasteiger partial charge in [0.2, 0.25) is 0 Å². The molecule has 2 aliphatic rings. The van der Waals surface area contributed by atoms with Gasteiger partial charge in [0, 0.05) is 41.3 Å². The molecule has 2 fully saturated rings. The van der Waals surface area contributed by atoms with E-state index < -0.39 is 0 Å². The molecule has 0 unspecified atom stereocenters. The molecule has 0 saturated heterocycles. The van der Waals surface area contributed by atoms with Crippen molar-refractivity contribution in [2.45, 2.75) is 37.8 Å². The summed E-state index contributed by atoms with van der Waals surface area (Å²) in [6.07, 6.45) is 9.61. The van der Waals surface area contributed by atoms with Crippen molar-refractivity contribution in [2.24, 2.45) is 0 Å². The van der Waals surface area contributed by atoms with E-state index >= 15 is 0 Å². The number of carbonyl (C=O) groups is 1. The van der Waals surface area contributed by atoms with Crippen molar-refractivity contribution < 1.29 is 4.79 Å². The van der Waals surface area contributed by atoms with Crippen LogP contribution in [0.25, 0.3) is 22.6 Å². The van der Waals surface area contributed by atoms with Crippen LogP contribution in [0, 0.1) is 0 Å². The zero-order valence-electron chi connectivity index (χ0n) is 17.5. The topological polar surface area (TPSA) is 76.8 Å². The molecule has 7 heteroatoms. The lowest BCUT2D eigenvalue weighted by Gasteiger charge is -2.23. The van der Waals surface area contributed by atoms with Gasteiger partial charge in [-0.1, -0.05) is 18.2 Å². The van der Waals surface area contributed by atoms with E-state index in [0.29, 0.717) is 11.7 Å². The van der Waals surface area contributed by atoms with E-state index in [-0.39, 0.29) is 11.9 Å². The Kier molecular flexibility index (Phi) is 4.52. The first-order valence-corrected chi connectivity index (χ1v) is 11.0. The lowest BCUT2D eigenvalue weighted by molar-refractivity contribution is 0.0980. The molecule has 32 heavy (non-hydrogen) atoms. The maximum Gasteiger partial charge on any atom is 0.277 e. The number of benzene rings is 1. The van der Waals surface area contributed by atoms with Crippen LogP contribution in [0.5, 0.6) is 0 Å². The van der Waals surface area contributed by atoms with Crippen molar-refractivity contribution in [3.8, 4) is 22.6 Å². The van der Waals surface area contributed by atoms with Crippen molar-refractivity contribution in [3.05, 3.63) is 79.0 Å². The van der Waals surface area contributed by atoms with Crippen LogP contribution in [0.3, 0.4) is 0 Å². The maximum absolute atomic E-state index is 13.6. The van der Waals surface area contributed by atoms with Gasteiger partial charge in [-0.3, -0.25) is 9.78 Å². The summed E-state index contributed by atoms with van der Waals surface area (Å²) in [7, 11) is 0. The third-order valence-corrected chi connectivity index (χ3v) is 5.95. The molecule has 0 spiro atoms. The summed E-state index contributed by atoms with van der Waals surface area (Å²) in [5.41, 5.74) is 3.91. The van der Waals surface area contributed by atoms with Gasteiger partial charge in [0.05, 0.1) is 5.69 Å². The van der Waals surface area contributed by atoms with Gasteiger partial charge in [0.15, 0.2) is 5.82 Å². The summed E-state index contributed by atoms with van der Waals surface area (Å²) < 4.78 is 2.14. The summed E-state index contributed by atoms with van der Waals surface area (Å²) >= 11 is 0. The molecule has 158 valence electrons. The van der Waals surface area contributed by atoms with Crippen molar-refractivity contribution in [1.82, 2.24) is 24.7 Å². The number of nitrogens with zero attached hydrogens (tertiary/aromatic N) is 6. The fraction of sp³-hybridized carbons (Fsp3) is 0.240. The number of carbonyl (C=O) groups excluding carboxylic acids is 1. The van der Waals surface area contributed by atoms with E-state index in [9.17, 15) is 4.79 Å². The largest absolute Gasteiger partial charge is 0.310 e. The summed E-state index contributed by atoms with van der Waals surface area (Å²) in [6.45, 7) is 0. The SMILES string of the molecule is O=C(c1cccc(-c2cccnc2)n1)N(c1cccc(-c2nncn2C2CC2)c1)C1CC1. The molecule has 2 aliphatic carbocycles. The number of anilines is 1. The Balaban J connectivity index is 1.35. The number of amides is 1. The molecule has 0 bridgehead atoms. The zero-order chi connectivity index (χ0) is 21.5. The summed E-state index contributed by atoms with van der Waals surface area (Å²) in [6, 6.07) is 18.1. The van der Waals surface area contributed by atoms with Crippen LogP contribution in [0.2, 0.25) is 0 Å². The quantitative estimate of drug-likeness (QED) is 0.456. The Labute approximate surface area is 185 Å². The lowest BCUT2D eigenvalue weighted by atomic mass is 10.1. The Morgan fingerprint density at radius 2 is 1.81 bits per heavy atom. The van der Waals surface area contributed by atoms with Crippen LogP contribution in [0.4, 0.5) is 5.69 Å². The van der Waals surface area contributed by atoms with Crippen LogP contribution in [0.1, 0.15) is 42.2 Å². The third kappa shape index (κ3) is 3.56. The first-order chi connectivity index (χ1) is 15.8. The molecule has 4 aromatic rings. The second-order valence-corrected chi connectivity index (χ2v) is 8.40. The standard InChI is InChI=1S/C25H22N6O/c32-25(23-8-2-7-22(28-23)18-5-3-13-26-15-18)31(20-11-12-20)21-6-1-4-17(14-21)24-29-27-16-30(24)19-9-10-19/h1-8,13-16,19-20H,9-12H2. The fourth-order valence-electron chi connectivity index (χ4n) is 4.04. The van der Waals surface area contributed by atoms with Crippen LogP contribution in [-0.2, 0) is 0 Å². The van der Waals surface area contributed by atoms with Gasteiger partial charge >= 0.3 is 0 Å². The molecule has 1 amide bonds. The van der Waals surface area contributed by atoms with Gasteiger partial charge in [-0.05, 0) is 62.1 Å². The van der Waals surface area contributed by atoms with Gasteiger partial charge in [-0.15, -0.1) is 10.2 Å². The second kappa shape index (κ2) is 7.67. The van der Waals surface area contributed by atoms with Gasteiger partial charge in [-0.25, -0.2) is 4.98 Å². The van der Waals surface area contributed by atoms with Crippen LogP contribution in [-0.4, -0.2) is 36.7 Å². The number of rotatable bonds is 6. The van der Waals surface area contributed by atoms with Gasteiger partial charge in [0.25, 0.3) is 5.91 Å². The minimum absolute atomic E-state index is 0.0842. The summed E-state index contributed by atoms with van der Waals surface area (Å²) in [5.74, 6) is 0.772. The summed E-state index contributed by atoms with van der Waals surface area (Å²) in [5, 5.41) is 8.47. The molecule has 3 aromatic heterocycles. The molecule has 0 N–H and O–H groups in total. The fourth-order valence-corrected chi connectivity index (χ4v) is 4.04. The van der Waals surface area contributed by atoms with Crippen LogP contribution in [0.15, 0.2) is 73.3 Å². The van der Waals surface area contributed by atoms with Crippen molar-refractivity contribution in [3.63, 3.8) is 0 Å². The van der Waals surface area contributed by atoms with E-state index in [1.54, 1.807) is 24.8 Å². The molecule has 0 radical (unpaired) electrons. The average Bonchev–Trinajstić information content (AvgIpc) is 3.79. The molecule has 2 saturated carbocycles. The van der Waals surface area contributed by atoms with Crippen molar-refractivity contribution in [2.75, 3.05) is 4.90 Å². The monoisotopic (exact) mass is 422 g/mol. The molecule has 1 aromatic carbocycles. The predicted molar refractivity (Wildman–Crippen MR) is 121 cm³/mol. The van der Waals surface area contributed by atoms with Crippen LogP contribution < -0.4 is 4.90 Å². The minimum Gasteiger partial charge on any atom is -0.310 e. The highest BCUT2D eigenvalue weighted by atomic mass is 16.2. The molecule has 6 rings (SSSR count). The highest BCUT2D eigenvalue weighted by Gasteiger charge is 2.35. The van der Waals surface area contributed by atoms with Gasteiger partial charge in [0.1, 0.15) is 12.0 Å². The summed E-state index contributed by atoms with van der Waals surface area (Å²) in [4.78, 5) is 24.3. The Bertz CT molecular complexity index is 1280. The Morgan fingerprint density at radius 1 is 0.969 bits per heavy atom. The lowest BCUT2D eigenvalue weighted by Crippen LogP contribution is -2.33. The highest BCUT2D eigenvalue weighted by molar-refractivity contribution is 6.06. The van der Waals surface area contributed by atoms with E-state index in [1.165, 1.54) is 0 Å². The number of aromatic nitrogens is 5. The minimum atomic E-state index is -0.0842. The van der Waals surface area contributed by atoms with Crippen molar-refractivity contribution >= 4 is 11.6 Å². The maximum atomic E-state index is 13.6. The Hall–Kier alpha value is -3.87. The molecule has 3 heterocycles. The molecular formula is C25H22N6O. The highest BCUT2D eigenvalue weighted by Crippen LogP contribution is 2.39. The van der Waals surface area contributed by atoms with Crippen molar-refractivity contribution in [1.29, 1.82) is 0 Å².